The second kappa shape index (κ2) is 8.31. The molecule has 0 unspecified atom stereocenters. The van der Waals surface area contributed by atoms with Crippen LogP contribution in [-0.2, 0) is 21.5 Å². The SMILES string of the molecule is Cc1nc2ccc(CCC(=O)c3ccc(Cl)cc3)cc2c(=O)n1[C@@]1(C)CCC(=O)NC1=O. The highest BCUT2D eigenvalue weighted by molar-refractivity contribution is 6.30. The second-order valence-electron chi connectivity index (χ2n) is 8.23. The number of imide groups is 1. The summed E-state index contributed by atoms with van der Waals surface area (Å²) in [5, 5.41) is 3.27. The molecular formula is C24H22ClN3O4. The summed E-state index contributed by atoms with van der Waals surface area (Å²) in [6.45, 7) is 3.32. The highest BCUT2D eigenvalue weighted by atomic mass is 35.5. The smallest absolute Gasteiger partial charge is 0.262 e. The number of carbonyl (C=O) groups excluding carboxylic acids is 3. The molecule has 7 nitrogen and oxygen atoms in total. The standard InChI is InChI=1S/C24H22ClN3O4/c1-14-26-19-9-3-15(4-10-20(29)16-5-7-17(25)8-6-16)13-18(19)22(31)28(14)24(2)12-11-21(30)27-23(24)32/h3,5-9,13H,4,10-12H2,1-2H3,(H,27,30,32)/t24-/m0/s1. The monoisotopic (exact) mass is 451 g/mol. The summed E-state index contributed by atoms with van der Waals surface area (Å²) in [6, 6.07) is 12.1. The normalized spacial score (nSPS) is 18.6. The molecule has 1 atom stereocenters. The van der Waals surface area contributed by atoms with Crippen LogP contribution < -0.4 is 10.9 Å². The van der Waals surface area contributed by atoms with Gasteiger partial charge < -0.3 is 0 Å². The lowest BCUT2D eigenvalue weighted by molar-refractivity contribution is -0.140. The van der Waals surface area contributed by atoms with E-state index in [1.54, 1.807) is 50.2 Å². The van der Waals surface area contributed by atoms with Gasteiger partial charge in [0.1, 0.15) is 11.4 Å². The van der Waals surface area contributed by atoms with Gasteiger partial charge >= 0.3 is 0 Å². The number of halogens is 1. The molecule has 0 spiro atoms. The number of rotatable bonds is 5. The van der Waals surface area contributed by atoms with Crippen molar-refractivity contribution in [3.05, 3.63) is 74.8 Å². The van der Waals surface area contributed by atoms with E-state index in [0.29, 0.717) is 33.7 Å². The van der Waals surface area contributed by atoms with Crippen LogP contribution in [-0.4, -0.2) is 27.1 Å². The zero-order valence-electron chi connectivity index (χ0n) is 17.8. The average molecular weight is 452 g/mol. The van der Waals surface area contributed by atoms with Crippen molar-refractivity contribution >= 4 is 40.1 Å². The molecule has 32 heavy (non-hydrogen) atoms. The number of amides is 2. The van der Waals surface area contributed by atoms with Gasteiger partial charge in [0.15, 0.2) is 5.78 Å². The van der Waals surface area contributed by atoms with Crippen molar-refractivity contribution < 1.29 is 14.4 Å². The Morgan fingerprint density at radius 3 is 2.56 bits per heavy atom. The molecule has 1 aliphatic rings. The van der Waals surface area contributed by atoms with Crippen LogP contribution in [0.5, 0.6) is 0 Å². The zero-order chi connectivity index (χ0) is 23.0. The summed E-state index contributed by atoms with van der Waals surface area (Å²) in [5.74, 6) is -0.471. The molecule has 1 aliphatic heterocycles. The highest BCUT2D eigenvalue weighted by Crippen LogP contribution is 2.27. The first kappa shape index (κ1) is 21.9. The van der Waals surface area contributed by atoms with Crippen LogP contribution in [0.1, 0.15) is 47.9 Å². The molecule has 3 aromatic rings. The Balaban J connectivity index is 1.66. The number of nitrogens with one attached hydrogen (secondary N) is 1. The van der Waals surface area contributed by atoms with E-state index in [9.17, 15) is 19.2 Å². The molecular weight excluding hydrogens is 430 g/mol. The van der Waals surface area contributed by atoms with Crippen LogP contribution in [0.15, 0.2) is 47.3 Å². The quantitative estimate of drug-likeness (QED) is 0.474. The van der Waals surface area contributed by atoms with Gasteiger partial charge in [-0.15, -0.1) is 0 Å². The number of fused-ring (bicyclic) bond motifs is 1. The molecule has 4 rings (SSSR count). The van der Waals surface area contributed by atoms with Gasteiger partial charge in [-0.05, 0) is 68.7 Å². The third kappa shape index (κ3) is 3.96. The largest absolute Gasteiger partial charge is 0.294 e. The molecule has 1 N–H and O–H groups in total. The van der Waals surface area contributed by atoms with E-state index < -0.39 is 11.4 Å². The third-order valence-electron chi connectivity index (χ3n) is 5.98. The fourth-order valence-electron chi connectivity index (χ4n) is 4.13. The minimum Gasteiger partial charge on any atom is -0.294 e. The number of carbonyl (C=O) groups is 3. The molecule has 1 saturated heterocycles. The highest BCUT2D eigenvalue weighted by Gasteiger charge is 2.42. The van der Waals surface area contributed by atoms with E-state index >= 15 is 0 Å². The molecule has 0 bridgehead atoms. The molecule has 2 amide bonds. The number of hydrogen-bond acceptors (Lipinski definition) is 5. The van der Waals surface area contributed by atoms with Crippen LogP contribution in [0, 0.1) is 6.92 Å². The van der Waals surface area contributed by atoms with Crippen molar-refractivity contribution in [1.82, 2.24) is 14.9 Å². The number of aryl methyl sites for hydroxylation is 2. The van der Waals surface area contributed by atoms with Crippen molar-refractivity contribution in [2.24, 2.45) is 0 Å². The number of hydrogen-bond donors (Lipinski definition) is 1. The predicted molar refractivity (Wildman–Crippen MR) is 121 cm³/mol. The lowest BCUT2D eigenvalue weighted by atomic mass is 9.90. The maximum atomic E-state index is 13.4. The number of ketones is 1. The van der Waals surface area contributed by atoms with E-state index in [-0.39, 0.29) is 36.5 Å². The number of nitrogens with zero attached hydrogens (tertiary/aromatic N) is 2. The van der Waals surface area contributed by atoms with Gasteiger partial charge in [0.25, 0.3) is 11.5 Å². The van der Waals surface area contributed by atoms with Gasteiger partial charge in [-0.25, -0.2) is 4.98 Å². The van der Waals surface area contributed by atoms with Crippen LogP contribution in [0.3, 0.4) is 0 Å². The van der Waals surface area contributed by atoms with Crippen LogP contribution in [0.25, 0.3) is 10.9 Å². The zero-order valence-corrected chi connectivity index (χ0v) is 18.5. The Morgan fingerprint density at radius 1 is 1.16 bits per heavy atom. The Hall–Kier alpha value is -3.32. The fraction of sp³-hybridized carbons (Fsp3) is 0.292. The van der Waals surface area contributed by atoms with Crippen molar-refractivity contribution in [2.45, 2.75) is 45.1 Å². The summed E-state index contributed by atoms with van der Waals surface area (Å²) in [4.78, 5) is 54.6. The summed E-state index contributed by atoms with van der Waals surface area (Å²) in [6.07, 6.45) is 1.11. The first-order chi connectivity index (χ1) is 15.2. The summed E-state index contributed by atoms with van der Waals surface area (Å²) in [5.41, 5.74) is 0.387. The lowest BCUT2D eigenvalue weighted by Gasteiger charge is -2.34. The molecule has 2 aromatic carbocycles. The van der Waals surface area contributed by atoms with E-state index in [0.717, 1.165) is 5.56 Å². The van der Waals surface area contributed by atoms with Gasteiger partial charge in [-0.3, -0.25) is 29.1 Å². The third-order valence-corrected chi connectivity index (χ3v) is 6.23. The molecule has 0 radical (unpaired) electrons. The Bertz CT molecular complexity index is 1310. The van der Waals surface area contributed by atoms with Crippen LogP contribution >= 0.6 is 11.6 Å². The Kier molecular flexibility index (Phi) is 5.69. The van der Waals surface area contributed by atoms with E-state index in [2.05, 4.69) is 10.3 Å². The van der Waals surface area contributed by atoms with E-state index in [4.69, 9.17) is 11.6 Å². The van der Waals surface area contributed by atoms with Crippen molar-refractivity contribution in [2.75, 3.05) is 0 Å². The maximum Gasteiger partial charge on any atom is 0.262 e. The van der Waals surface area contributed by atoms with E-state index in [1.807, 2.05) is 6.07 Å². The summed E-state index contributed by atoms with van der Waals surface area (Å²) >= 11 is 5.88. The number of piperidine rings is 1. The molecule has 0 aliphatic carbocycles. The van der Waals surface area contributed by atoms with Crippen LogP contribution in [0.2, 0.25) is 5.02 Å². The first-order valence-electron chi connectivity index (χ1n) is 10.3. The first-order valence-corrected chi connectivity index (χ1v) is 10.7. The van der Waals surface area contributed by atoms with Crippen LogP contribution in [0.4, 0.5) is 0 Å². The predicted octanol–water partition coefficient (Wildman–Crippen LogP) is 3.33. The van der Waals surface area contributed by atoms with Crippen molar-refractivity contribution in [3.8, 4) is 0 Å². The molecule has 0 saturated carbocycles. The summed E-state index contributed by atoms with van der Waals surface area (Å²) in [7, 11) is 0. The van der Waals surface area contributed by atoms with E-state index in [1.165, 1.54) is 4.57 Å². The number of benzene rings is 2. The maximum absolute atomic E-state index is 13.4. The van der Waals surface area contributed by atoms with Gasteiger partial charge in [0.05, 0.1) is 10.9 Å². The molecule has 2 heterocycles. The molecule has 8 heteroatoms. The molecule has 1 aromatic heterocycles. The van der Waals surface area contributed by atoms with Gasteiger partial charge in [0, 0.05) is 23.4 Å². The van der Waals surface area contributed by atoms with Crippen molar-refractivity contribution in [3.63, 3.8) is 0 Å². The summed E-state index contributed by atoms with van der Waals surface area (Å²) < 4.78 is 1.37. The minimum atomic E-state index is -1.20. The van der Waals surface area contributed by atoms with Crippen molar-refractivity contribution in [1.29, 1.82) is 0 Å². The Labute approximate surface area is 189 Å². The topological polar surface area (TPSA) is 98.1 Å². The van der Waals surface area contributed by atoms with Gasteiger partial charge in [0.2, 0.25) is 5.91 Å². The van der Waals surface area contributed by atoms with Gasteiger partial charge in [-0.2, -0.15) is 0 Å². The molecule has 164 valence electrons. The second-order valence-corrected chi connectivity index (χ2v) is 8.67. The Morgan fingerprint density at radius 2 is 1.88 bits per heavy atom. The fourth-order valence-corrected chi connectivity index (χ4v) is 4.25. The lowest BCUT2D eigenvalue weighted by Crippen LogP contribution is -2.56. The number of Topliss-reactive ketones (excluding diaryl/α,β-unsaturated/α-hetero) is 1. The average Bonchev–Trinajstić information content (AvgIpc) is 2.76. The molecule has 1 fully saturated rings. The number of aromatic nitrogens is 2. The minimum absolute atomic E-state index is 0.0164. The van der Waals surface area contributed by atoms with Gasteiger partial charge in [-0.1, -0.05) is 17.7 Å².